The van der Waals surface area contributed by atoms with Gasteiger partial charge in [0.1, 0.15) is 6.04 Å². The van der Waals surface area contributed by atoms with E-state index in [9.17, 15) is 48.3 Å². The largest absolute Gasteiger partial charge is 0.480 e. The Balaban J connectivity index is 0.0000132. The first kappa shape index (κ1) is 76.8. The molecule has 0 heterocycles. The summed E-state index contributed by atoms with van der Waals surface area (Å²) in [6.45, 7) is 8.27. The number of amides is 4. The maximum absolute atomic E-state index is 14.3. The molecule has 4 aromatic carbocycles. The second kappa shape index (κ2) is 41.8. The predicted octanol–water partition coefficient (Wildman–Crippen LogP) is 7.58. The fourth-order valence-corrected chi connectivity index (χ4v) is 10.7. The molecular weight excluding hydrogens is 1110 g/mol. The van der Waals surface area contributed by atoms with Crippen LogP contribution in [0.4, 0.5) is 0 Å². The van der Waals surface area contributed by atoms with E-state index in [1.807, 2.05) is 149 Å². The Bertz CT molecular complexity index is 2730. The van der Waals surface area contributed by atoms with Gasteiger partial charge in [0.25, 0.3) is 0 Å². The molecule has 484 valence electrons. The number of carbonyl (C=O) groups is 9. The van der Waals surface area contributed by atoms with E-state index in [4.69, 9.17) is 22.9 Å². The molecule has 0 saturated carbocycles. The number of ketones is 4. The summed E-state index contributed by atoms with van der Waals surface area (Å²) in [4.78, 5) is 124. The highest BCUT2D eigenvalue weighted by molar-refractivity contribution is 5.96. The number of carboxylic acid groups (broad SMARTS) is 1. The summed E-state index contributed by atoms with van der Waals surface area (Å²) in [6, 6.07) is 32.3. The van der Waals surface area contributed by atoms with Crippen molar-refractivity contribution in [2.75, 3.05) is 19.6 Å². The van der Waals surface area contributed by atoms with Crippen LogP contribution < -0.4 is 44.2 Å². The summed E-state index contributed by atoms with van der Waals surface area (Å²) in [5, 5.41) is 21.7. The summed E-state index contributed by atoms with van der Waals surface area (Å²) in [5.41, 5.74) is 27.9. The zero-order chi connectivity index (χ0) is 63.0. The monoisotopic (exact) mass is 1220 g/mol. The minimum absolute atomic E-state index is 0. The molecule has 0 bridgehead atoms. The van der Waals surface area contributed by atoms with Gasteiger partial charge in [-0.05, 0) is 131 Å². The van der Waals surface area contributed by atoms with Crippen molar-refractivity contribution in [1.82, 2.24) is 21.3 Å². The first-order valence-corrected chi connectivity index (χ1v) is 30.8. The van der Waals surface area contributed by atoms with Crippen LogP contribution in [0.5, 0.6) is 0 Å². The Morgan fingerprint density at radius 2 is 0.716 bits per heavy atom. The van der Waals surface area contributed by atoms with E-state index in [0.29, 0.717) is 44.9 Å². The van der Waals surface area contributed by atoms with Gasteiger partial charge >= 0.3 is 5.97 Å². The van der Waals surface area contributed by atoms with E-state index in [1.54, 1.807) is 0 Å². The zero-order valence-corrected chi connectivity index (χ0v) is 51.0. The topological polar surface area (TPSA) is 326 Å². The lowest BCUT2D eigenvalue weighted by atomic mass is 9.88. The van der Waals surface area contributed by atoms with Gasteiger partial charge in [-0.1, -0.05) is 164 Å². The maximum atomic E-state index is 14.3. The summed E-state index contributed by atoms with van der Waals surface area (Å²) >= 11 is 0. The van der Waals surface area contributed by atoms with E-state index in [2.05, 4.69) is 21.3 Å². The van der Waals surface area contributed by atoms with E-state index in [0.717, 1.165) is 22.3 Å². The van der Waals surface area contributed by atoms with Crippen molar-refractivity contribution in [2.45, 2.75) is 182 Å². The summed E-state index contributed by atoms with van der Waals surface area (Å²) < 4.78 is 0. The van der Waals surface area contributed by atoms with Crippen LogP contribution in [-0.2, 0) is 68.8 Å². The predicted molar refractivity (Wildman–Crippen MR) is 348 cm³/mol. The van der Waals surface area contributed by atoms with Crippen LogP contribution in [-0.4, -0.2) is 108 Å². The normalized spacial score (nSPS) is 14.2. The number of unbranched alkanes of at least 4 members (excludes halogenated alkanes) is 1. The van der Waals surface area contributed by atoms with Crippen LogP contribution in [0.3, 0.4) is 0 Å². The number of aliphatic carboxylic acids is 1. The average molecular weight is 1220 g/mol. The number of benzene rings is 4. The van der Waals surface area contributed by atoms with Gasteiger partial charge in [-0.2, -0.15) is 0 Å². The molecule has 4 rings (SSSR count). The van der Waals surface area contributed by atoms with Gasteiger partial charge in [0, 0.05) is 55.9 Å². The van der Waals surface area contributed by atoms with E-state index >= 15 is 0 Å². The Kier molecular flexibility index (Phi) is 36.5. The van der Waals surface area contributed by atoms with Crippen LogP contribution in [0.2, 0.25) is 0 Å². The second-order valence-corrected chi connectivity index (χ2v) is 23.9. The minimum Gasteiger partial charge on any atom is -0.480 e. The number of carbonyl (C=O) groups excluding carboxylic acids is 8. The van der Waals surface area contributed by atoms with Gasteiger partial charge < -0.3 is 49.3 Å². The molecule has 4 aromatic rings. The van der Waals surface area contributed by atoms with Gasteiger partial charge in [-0.3, -0.25) is 38.4 Å². The van der Waals surface area contributed by atoms with Crippen molar-refractivity contribution < 1.29 is 48.3 Å². The Morgan fingerprint density at radius 3 is 1.06 bits per heavy atom. The van der Waals surface area contributed by atoms with Crippen LogP contribution in [0.15, 0.2) is 121 Å². The van der Waals surface area contributed by atoms with Crippen molar-refractivity contribution in [3.8, 4) is 0 Å². The lowest BCUT2D eigenvalue weighted by Gasteiger charge is -2.26. The van der Waals surface area contributed by atoms with Gasteiger partial charge in [0.05, 0.1) is 24.2 Å². The standard InChI is InChI=1S/C68H96N8O10.2CH4/c1-45(2)35-58(75-66(83)53(37-47-21-9-5-10-22-47)43-60(77)55(71)39-49-25-13-7-14-26-49)62(79)41-51(29-19-32-69)64(81)73-34-18-17-31-57(68(85)86)74-65(82)52(30-20-33-70)42-63(80)59(36-46(3)4)76-67(84)54(38-48-23-11-6-12-24-48)44-61(78)56(72)40-50-27-15-8-16-28-50;;/h5-16,21-28,45-46,51-59H,17-20,29-44,69-72H2,1-4H3,(H,73,81)(H,74,82)(H,75,83)(H,76,84)(H,85,86);2*1H4/t51-,52-,53-,54-,55+,56+,57+,58+,59+;;/m0../s1. The molecule has 0 fully saturated rings. The van der Waals surface area contributed by atoms with Gasteiger partial charge in [-0.15, -0.1) is 0 Å². The van der Waals surface area contributed by atoms with Gasteiger partial charge in [-0.25, -0.2) is 4.79 Å². The van der Waals surface area contributed by atoms with E-state index in [1.165, 1.54) is 0 Å². The molecule has 88 heavy (non-hydrogen) atoms. The van der Waals surface area contributed by atoms with Gasteiger partial charge in [0.2, 0.25) is 23.6 Å². The first-order chi connectivity index (χ1) is 41.2. The lowest BCUT2D eigenvalue weighted by molar-refractivity contribution is -0.143. The zero-order valence-electron chi connectivity index (χ0n) is 51.0. The molecule has 4 amide bonds. The molecule has 0 spiro atoms. The number of hydrogen-bond donors (Lipinski definition) is 9. The number of Topliss-reactive ketones (excluding diaryl/α,β-unsaturated/α-hetero) is 4. The highest BCUT2D eigenvalue weighted by Gasteiger charge is 2.35. The fraction of sp³-hybridized carbons (Fsp3) is 0.529. The maximum Gasteiger partial charge on any atom is 0.326 e. The number of hydrogen-bond acceptors (Lipinski definition) is 13. The summed E-state index contributed by atoms with van der Waals surface area (Å²) in [6.07, 6.45) is 2.73. The van der Waals surface area contributed by atoms with Crippen molar-refractivity contribution in [3.63, 3.8) is 0 Å². The molecule has 0 aromatic heterocycles. The molecule has 18 heteroatoms. The Hall–Kier alpha value is -7.25. The summed E-state index contributed by atoms with van der Waals surface area (Å²) in [5.74, 6) is -8.09. The van der Waals surface area contributed by atoms with Crippen molar-refractivity contribution in [2.24, 2.45) is 58.4 Å². The molecule has 9 atom stereocenters. The molecule has 0 saturated heterocycles. The molecule has 0 aliphatic heterocycles. The summed E-state index contributed by atoms with van der Waals surface area (Å²) in [7, 11) is 0. The van der Waals surface area contributed by atoms with E-state index in [-0.39, 0.29) is 128 Å². The third kappa shape index (κ3) is 28.7. The molecule has 13 N–H and O–H groups in total. The number of carboxylic acids is 1. The third-order valence-corrected chi connectivity index (χ3v) is 15.5. The third-order valence-electron chi connectivity index (χ3n) is 15.5. The molecule has 0 aliphatic carbocycles. The van der Waals surface area contributed by atoms with Gasteiger partial charge in [0.15, 0.2) is 23.1 Å². The lowest BCUT2D eigenvalue weighted by Crippen LogP contribution is -2.48. The van der Waals surface area contributed by atoms with E-state index < -0.39 is 89.3 Å². The molecule has 0 radical (unpaired) electrons. The average Bonchev–Trinajstić information content (AvgIpc) is 2.60. The molecule has 18 nitrogen and oxygen atoms in total. The molecular formula is C70H104N8O10. The van der Waals surface area contributed by atoms with Crippen LogP contribution in [0, 0.1) is 35.5 Å². The Labute approximate surface area is 523 Å². The van der Waals surface area contributed by atoms with Crippen molar-refractivity contribution >= 4 is 52.7 Å². The number of nitrogens with two attached hydrogens (primary N) is 4. The van der Waals surface area contributed by atoms with Crippen LogP contribution >= 0.6 is 0 Å². The minimum atomic E-state index is -1.33. The van der Waals surface area contributed by atoms with Crippen LogP contribution in [0.1, 0.15) is 148 Å². The van der Waals surface area contributed by atoms with Crippen molar-refractivity contribution in [3.05, 3.63) is 144 Å². The number of nitrogens with one attached hydrogen (secondary N) is 4. The molecule has 0 unspecified atom stereocenters. The quantitative estimate of drug-likeness (QED) is 0.0193. The molecule has 0 aliphatic rings. The highest BCUT2D eigenvalue weighted by Crippen LogP contribution is 2.23. The highest BCUT2D eigenvalue weighted by atomic mass is 16.4. The second-order valence-electron chi connectivity index (χ2n) is 23.9. The SMILES string of the molecule is C.C.CC(C)C[C@@H](NC(=O)[C@H](CC(=O)[C@H](N)Cc1ccccc1)Cc1ccccc1)C(=O)C[C@H](CCCN)C(=O)NCCCC[C@@H](NC(=O)[C@@H](CCCN)CC(=O)[C@@H](CC(C)C)NC(=O)[C@H](CC(=O)[C@H](N)Cc1ccccc1)Cc1ccccc1)C(=O)O. The smallest absolute Gasteiger partial charge is 0.326 e. The van der Waals surface area contributed by atoms with Crippen molar-refractivity contribution in [1.29, 1.82) is 0 Å². The number of rotatable bonds is 43. The Morgan fingerprint density at radius 1 is 0.398 bits per heavy atom. The van der Waals surface area contributed by atoms with Crippen LogP contribution in [0.25, 0.3) is 0 Å². The fourth-order valence-electron chi connectivity index (χ4n) is 10.7. The first-order valence-electron chi connectivity index (χ1n) is 30.8.